The van der Waals surface area contributed by atoms with E-state index >= 15 is 0 Å². The van der Waals surface area contributed by atoms with E-state index in [-0.39, 0.29) is 0 Å². The van der Waals surface area contributed by atoms with Gasteiger partial charge in [-0.05, 0) is 18.2 Å². The van der Waals surface area contributed by atoms with Crippen molar-refractivity contribution in [1.82, 2.24) is 0 Å². The van der Waals surface area contributed by atoms with E-state index in [1.54, 1.807) is 11.4 Å². The van der Waals surface area contributed by atoms with Gasteiger partial charge in [0.05, 0.1) is 0 Å². The highest BCUT2D eigenvalue weighted by molar-refractivity contribution is 7.17. The van der Waals surface area contributed by atoms with E-state index in [1.807, 2.05) is 12.1 Å². The SMILES string of the molecule is Oc1csc2c[c]ccc12. The average Bonchev–Trinajstić information content (AvgIpc) is 2.34. The molecule has 1 nitrogen and oxygen atoms in total. The van der Waals surface area contributed by atoms with Gasteiger partial charge in [-0.3, -0.25) is 0 Å². The molecule has 0 unspecified atom stereocenters. The van der Waals surface area contributed by atoms with Crippen molar-refractivity contribution in [3.05, 3.63) is 29.6 Å². The maximum atomic E-state index is 9.21. The molecule has 1 N–H and O–H groups in total. The smallest absolute Gasteiger partial charge is 0.134 e. The van der Waals surface area contributed by atoms with Crippen LogP contribution in [-0.2, 0) is 0 Å². The summed E-state index contributed by atoms with van der Waals surface area (Å²) in [5.74, 6) is 0.369. The molecule has 0 spiro atoms. The van der Waals surface area contributed by atoms with Crippen LogP contribution >= 0.6 is 11.3 Å². The first-order valence-corrected chi connectivity index (χ1v) is 3.82. The molecule has 0 bridgehead atoms. The highest BCUT2D eigenvalue weighted by atomic mass is 32.1. The van der Waals surface area contributed by atoms with Crippen molar-refractivity contribution in [2.45, 2.75) is 0 Å². The lowest BCUT2D eigenvalue weighted by Crippen LogP contribution is -1.60. The fraction of sp³-hybridized carbons (Fsp3) is 0. The quantitative estimate of drug-likeness (QED) is 0.609. The molecule has 1 heterocycles. The number of hydrogen-bond acceptors (Lipinski definition) is 2. The molecule has 0 fully saturated rings. The second kappa shape index (κ2) is 1.99. The summed E-state index contributed by atoms with van der Waals surface area (Å²) in [5, 5.41) is 11.9. The zero-order chi connectivity index (χ0) is 6.97. The lowest BCUT2D eigenvalue weighted by Gasteiger charge is -1.85. The Balaban J connectivity index is 2.93. The van der Waals surface area contributed by atoms with Gasteiger partial charge >= 0.3 is 0 Å². The molecule has 0 aliphatic rings. The summed E-state index contributed by atoms with van der Waals surface area (Å²) in [6, 6.07) is 8.49. The van der Waals surface area contributed by atoms with Gasteiger partial charge in [-0.1, -0.05) is 6.07 Å². The van der Waals surface area contributed by atoms with E-state index in [2.05, 4.69) is 6.07 Å². The van der Waals surface area contributed by atoms with Crippen molar-refractivity contribution in [1.29, 1.82) is 0 Å². The van der Waals surface area contributed by atoms with Gasteiger partial charge in [-0.15, -0.1) is 11.3 Å². The van der Waals surface area contributed by atoms with Crippen LogP contribution in [0.5, 0.6) is 5.75 Å². The first-order valence-electron chi connectivity index (χ1n) is 2.94. The van der Waals surface area contributed by atoms with Crippen LogP contribution in [0.1, 0.15) is 0 Å². The van der Waals surface area contributed by atoms with Gasteiger partial charge in [0.15, 0.2) is 0 Å². The van der Waals surface area contributed by atoms with E-state index in [1.165, 1.54) is 11.3 Å². The summed E-state index contributed by atoms with van der Waals surface area (Å²) in [5.41, 5.74) is 0. The van der Waals surface area contributed by atoms with Crippen LogP contribution in [0, 0.1) is 6.07 Å². The van der Waals surface area contributed by atoms with Crippen molar-refractivity contribution in [3.8, 4) is 5.75 Å². The summed E-state index contributed by atoms with van der Waals surface area (Å²) in [7, 11) is 0. The second-order valence-corrected chi connectivity index (χ2v) is 2.95. The van der Waals surface area contributed by atoms with Gasteiger partial charge in [0.2, 0.25) is 0 Å². The first-order chi connectivity index (χ1) is 4.88. The van der Waals surface area contributed by atoms with Gasteiger partial charge < -0.3 is 5.11 Å². The predicted octanol–water partition coefficient (Wildman–Crippen LogP) is 2.41. The molecule has 10 heavy (non-hydrogen) atoms. The lowest BCUT2D eigenvalue weighted by atomic mass is 10.2. The number of hydrogen-bond donors (Lipinski definition) is 1. The Morgan fingerprint density at radius 3 is 3.20 bits per heavy atom. The molecule has 0 atom stereocenters. The molecule has 0 aliphatic carbocycles. The fourth-order valence-corrected chi connectivity index (χ4v) is 1.71. The number of rotatable bonds is 0. The molecular weight excluding hydrogens is 144 g/mol. The van der Waals surface area contributed by atoms with Crippen molar-refractivity contribution < 1.29 is 5.11 Å². The second-order valence-electron chi connectivity index (χ2n) is 2.04. The molecule has 1 aromatic heterocycles. The molecule has 2 aromatic rings. The van der Waals surface area contributed by atoms with Gasteiger partial charge in [0.1, 0.15) is 5.75 Å². The van der Waals surface area contributed by atoms with Crippen LogP contribution in [0.15, 0.2) is 23.6 Å². The van der Waals surface area contributed by atoms with E-state index in [0.717, 1.165) is 10.1 Å². The number of thiophene rings is 1. The Morgan fingerprint density at radius 1 is 1.50 bits per heavy atom. The van der Waals surface area contributed by atoms with E-state index in [9.17, 15) is 5.11 Å². The summed E-state index contributed by atoms with van der Waals surface area (Å²) in [6.45, 7) is 0. The number of benzene rings is 1. The maximum absolute atomic E-state index is 9.21. The summed E-state index contributed by atoms with van der Waals surface area (Å²) in [4.78, 5) is 0. The summed E-state index contributed by atoms with van der Waals surface area (Å²) < 4.78 is 1.08. The third-order valence-corrected chi connectivity index (χ3v) is 2.33. The minimum Gasteiger partial charge on any atom is -0.506 e. The maximum Gasteiger partial charge on any atom is 0.134 e. The first kappa shape index (κ1) is 5.74. The Kier molecular flexibility index (Phi) is 1.14. The van der Waals surface area contributed by atoms with E-state index < -0.39 is 0 Å². The van der Waals surface area contributed by atoms with Crippen LogP contribution in [-0.4, -0.2) is 5.11 Å². The average molecular weight is 149 g/mol. The molecule has 1 radical (unpaired) electrons. The molecule has 1 aromatic carbocycles. The normalized spacial score (nSPS) is 10.4. The Hall–Kier alpha value is -1.02. The predicted molar refractivity (Wildman–Crippen MR) is 42.3 cm³/mol. The van der Waals surface area contributed by atoms with Crippen LogP contribution in [0.2, 0.25) is 0 Å². The summed E-state index contributed by atoms with van der Waals surface area (Å²) in [6.07, 6.45) is 0. The van der Waals surface area contributed by atoms with Gasteiger partial charge in [-0.25, -0.2) is 0 Å². The Labute approximate surface area is 62.5 Å². The Morgan fingerprint density at radius 2 is 2.40 bits per heavy atom. The van der Waals surface area contributed by atoms with E-state index in [0.29, 0.717) is 5.75 Å². The standard InChI is InChI=1S/C8H5OS/c9-7-5-10-8-4-2-1-3-6(7)8/h1,3-5,9H. The highest BCUT2D eigenvalue weighted by Gasteiger charge is 1.98. The highest BCUT2D eigenvalue weighted by Crippen LogP contribution is 2.29. The van der Waals surface area contributed by atoms with Gasteiger partial charge in [0.25, 0.3) is 0 Å². The third kappa shape index (κ3) is 0.693. The van der Waals surface area contributed by atoms with Crippen molar-refractivity contribution >= 4 is 21.4 Å². The molecular formula is C8H5OS. The van der Waals surface area contributed by atoms with Gasteiger partial charge in [0, 0.05) is 15.5 Å². The monoisotopic (exact) mass is 149 g/mol. The number of fused-ring (bicyclic) bond motifs is 1. The molecule has 0 aliphatic heterocycles. The summed E-state index contributed by atoms with van der Waals surface area (Å²) >= 11 is 1.53. The van der Waals surface area contributed by atoms with E-state index in [4.69, 9.17) is 0 Å². The zero-order valence-electron chi connectivity index (χ0n) is 5.16. The van der Waals surface area contributed by atoms with Gasteiger partial charge in [-0.2, -0.15) is 0 Å². The lowest BCUT2D eigenvalue weighted by molar-refractivity contribution is 0.483. The molecule has 49 valence electrons. The topological polar surface area (TPSA) is 20.2 Å². The molecule has 2 rings (SSSR count). The van der Waals surface area contributed by atoms with Crippen LogP contribution in [0.3, 0.4) is 0 Å². The molecule has 2 heteroatoms. The Bertz CT molecular complexity index is 351. The fourth-order valence-electron chi connectivity index (χ4n) is 0.907. The molecule has 0 saturated carbocycles. The van der Waals surface area contributed by atoms with Crippen molar-refractivity contribution in [2.24, 2.45) is 0 Å². The van der Waals surface area contributed by atoms with Crippen molar-refractivity contribution in [2.75, 3.05) is 0 Å². The minimum atomic E-state index is 0.369. The van der Waals surface area contributed by atoms with Crippen LogP contribution in [0.25, 0.3) is 10.1 Å². The third-order valence-electron chi connectivity index (χ3n) is 1.40. The molecule has 0 saturated heterocycles. The van der Waals surface area contributed by atoms with Crippen molar-refractivity contribution in [3.63, 3.8) is 0 Å². The molecule has 0 amide bonds. The zero-order valence-corrected chi connectivity index (χ0v) is 5.98. The number of aromatic hydroxyl groups is 1. The van der Waals surface area contributed by atoms with Crippen LogP contribution < -0.4 is 0 Å². The largest absolute Gasteiger partial charge is 0.506 e. The minimum absolute atomic E-state index is 0.369. The van der Waals surface area contributed by atoms with Crippen LogP contribution in [0.4, 0.5) is 0 Å².